The van der Waals surface area contributed by atoms with Gasteiger partial charge in [-0.2, -0.15) is 0 Å². The van der Waals surface area contributed by atoms with Crippen LogP contribution in [0.4, 0.5) is 4.79 Å². The minimum Gasteiger partial charge on any atom is -0.480 e. The molecule has 3 amide bonds. The van der Waals surface area contributed by atoms with E-state index in [1.165, 1.54) is 11.9 Å². The Balaban J connectivity index is 1.46. The first-order valence-corrected chi connectivity index (χ1v) is 15.7. The van der Waals surface area contributed by atoms with Crippen molar-refractivity contribution in [3.05, 3.63) is 47.7 Å². The van der Waals surface area contributed by atoms with Crippen molar-refractivity contribution >= 4 is 40.9 Å². The molecule has 2 fully saturated rings. The number of aromatic nitrogens is 1. The SMILES string of the molecule is CC(C)[C@H](NC(=O)OC1(/C=C/c2ccc3ccc([C@@H](C)O)nc3c2)COC(C)(C)OC1)C(=O)N[C@@H](C)C(=O)N1CCC[C@@H](C(=O)O)N1. The van der Waals surface area contributed by atoms with E-state index in [-0.39, 0.29) is 19.1 Å². The molecule has 5 N–H and O–H groups in total. The summed E-state index contributed by atoms with van der Waals surface area (Å²) in [5.41, 5.74) is 3.34. The fourth-order valence-corrected chi connectivity index (χ4v) is 5.20. The number of fused-ring (bicyclic) bond motifs is 1. The van der Waals surface area contributed by atoms with Crippen LogP contribution in [0.15, 0.2) is 36.4 Å². The molecule has 2 aliphatic rings. The number of hydrogen-bond donors (Lipinski definition) is 5. The van der Waals surface area contributed by atoms with Crippen molar-refractivity contribution in [3.63, 3.8) is 0 Å². The second kappa shape index (κ2) is 14.8. The van der Waals surface area contributed by atoms with Crippen LogP contribution in [0.2, 0.25) is 0 Å². The first kappa shape index (κ1) is 35.7. The number of carbonyl (C=O) groups excluding carboxylic acids is 3. The van der Waals surface area contributed by atoms with Gasteiger partial charge in [0.15, 0.2) is 11.4 Å². The van der Waals surface area contributed by atoms with Crippen LogP contribution in [0.25, 0.3) is 17.0 Å². The Morgan fingerprint density at radius 2 is 1.77 bits per heavy atom. The van der Waals surface area contributed by atoms with Crippen LogP contribution in [-0.2, 0) is 28.6 Å². The zero-order chi connectivity index (χ0) is 34.5. The molecule has 47 heavy (non-hydrogen) atoms. The summed E-state index contributed by atoms with van der Waals surface area (Å²) in [6.45, 7) is 10.4. The van der Waals surface area contributed by atoms with Crippen LogP contribution in [0.5, 0.6) is 0 Å². The van der Waals surface area contributed by atoms with Gasteiger partial charge < -0.3 is 35.1 Å². The molecule has 2 saturated heterocycles. The smallest absolute Gasteiger partial charge is 0.408 e. The largest absolute Gasteiger partial charge is 0.480 e. The highest BCUT2D eigenvalue weighted by atomic mass is 16.7. The molecule has 0 unspecified atom stereocenters. The van der Waals surface area contributed by atoms with Gasteiger partial charge in [-0.05, 0) is 70.2 Å². The summed E-state index contributed by atoms with van der Waals surface area (Å²) in [5.74, 6) is -3.45. The van der Waals surface area contributed by atoms with Gasteiger partial charge in [-0.1, -0.05) is 38.1 Å². The minimum atomic E-state index is -1.34. The van der Waals surface area contributed by atoms with E-state index < -0.39 is 59.5 Å². The third-order valence-corrected chi connectivity index (χ3v) is 8.07. The molecule has 0 saturated carbocycles. The Labute approximate surface area is 273 Å². The lowest BCUT2D eigenvalue weighted by atomic mass is 10.0. The average molecular weight is 656 g/mol. The number of aliphatic hydroxyl groups excluding tert-OH is 1. The molecule has 1 aromatic heterocycles. The van der Waals surface area contributed by atoms with E-state index in [4.69, 9.17) is 14.2 Å². The van der Waals surface area contributed by atoms with Gasteiger partial charge in [0.2, 0.25) is 5.91 Å². The van der Waals surface area contributed by atoms with Gasteiger partial charge in [0.05, 0.1) is 30.5 Å². The Hall–Kier alpha value is -4.11. The number of rotatable bonds is 10. The van der Waals surface area contributed by atoms with Crippen molar-refractivity contribution in [2.75, 3.05) is 19.8 Å². The number of carbonyl (C=O) groups is 4. The van der Waals surface area contributed by atoms with Crippen LogP contribution in [0.1, 0.15) is 71.7 Å². The zero-order valence-corrected chi connectivity index (χ0v) is 27.6. The quantitative estimate of drug-likeness (QED) is 0.253. The number of aliphatic carboxylic acids is 1. The highest BCUT2D eigenvalue weighted by molar-refractivity contribution is 5.91. The standard InChI is InChI=1S/C33H45N5O9/c1-19(2)27(28(40)34-20(3)29(41)38-15-7-8-25(37-38)30(42)43)36-31(44)47-33(17-45-32(5,6)46-18-33)14-13-22-9-10-23-11-12-24(21(4)39)35-26(23)16-22/h9-14,16,19-21,25,27,37,39H,7-8,15,17-18H2,1-6H3,(H,34,40)(H,36,44)(H,42,43)/b14-13+/t20-,21+,25-,27-/m0/s1. The summed E-state index contributed by atoms with van der Waals surface area (Å²) in [5, 5.41) is 26.6. The molecule has 0 spiro atoms. The number of carboxylic acid groups (broad SMARTS) is 1. The molecule has 0 aliphatic carbocycles. The number of hydrogen-bond acceptors (Lipinski definition) is 10. The summed E-state index contributed by atoms with van der Waals surface area (Å²) in [6.07, 6.45) is 2.71. The van der Waals surface area contributed by atoms with Crippen molar-refractivity contribution in [1.29, 1.82) is 0 Å². The second-order valence-electron chi connectivity index (χ2n) is 12.9. The van der Waals surface area contributed by atoms with E-state index in [2.05, 4.69) is 21.0 Å². The number of benzene rings is 1. The van der Waals surface area contributed by atoms with Crippen LogP contribution in [0, 0.1) is 5.92 Å². The first-order valence-electron chi connectivity index (χ1n) is 15.7. The molecule has 256 valence electrons. The van der Waals surface area contributed by atoms with Gasteiger partial charge in [-0.25, -0.2) is 10.2 Å². The summed E-state index contributed by atoms with van der Waals surface area (Å²) in [4.78, 5) is 55.5. The van der Waals surface area contributed by atoms with E-state index in [9.17, 15) is 29.4 Å². The molecular formula is C33H45N5O9. The van der Waals surface area contributed by atoms with Crippen molar-refractivity contribution in [2.24, 2.45) is 5.92 Å². The van der Waals surface area contributed by atoms with Gasteiger partial charge >= 0.3 is 12.1 Å². The minimum absolute atomic E-state index is 0.0217. The molecule has 2 aromatic rings. The lowest BCUT2D eigenvalue weighted by Crippen LogP contribution is -2.61. The second-order valence-corrected chi connectivity index (χ2v) is 12.9. The predicted molar refractivity (Wildman–Crippen MR) is 171 cm³/mol. The summed E-state index contributed by atoms with van der Waals surface area (Å²) < 4.78 is 17.6. The number of ether oxygens (including phenoxy) is 3. The number of hydrazine groups is 1. The highest BCUT2D eigenvalue weighted by Crippen LogP contribution is 2.29. The van der Waals surface area contributed by atoms with Crippen LogP contribution in [0.3, 0.4) is 0 Å². The Morgan fingerprint density at radius 1 is 1.09 bits per heavy atom. The number of alkyl carbamates (subject to hydrolysis) is 1. The number of carboxylic acids is 1. The van der Waals surface area contributed by atoms with Gasteiger partial charge in [-0.15, -0.1) is 0 Å². The molecule has 1 aromatic carbocycles. The van der Waals surface area contributed by atoms with E-state index in [1.54, 1.807) is 52.8 Å². The number of amides is 3. The molecule has 0 radical (unpaired) electrons. The van der Waals surface area contributed by atoms with Gasteiger partial charge in [-0.3, -0.25) is 24.4 Å². The molecule has 4 rings (SSSR count). The fourth-order valence-electron chi connectivity index (χ4n) is 5.20. The Kier molecular flexibility index (Phi) is 11.2. The summed E-state index contributed by atoms with van der Waals surface area (Å²) in [6, 6.07) is 6.34. The third kappa shape index (κ3) is 9.25. The maximum absolute atomic E-state index is 13.3. The average Bonchev–Trinajstić information content (AvgIpc) is 3.03. The van der Waals surface area contributed by atoms with Crippen LogP contribution in [-0.4, -0.2) is 93.4 Å². The van der Waals surface area contributed by atoms with Crippen molar-refractivity contribution in [1.82, 2.24) is 26.1 Å². The molecule has 2 aliphatic heterocycles. The molecule has 4 atom stereocenters. The van der Waals surface area contributed by atoms with Gasteiger partial charge in [0, 0.05) is 11.9 Å². The highest BCUT2D eigenvalue weighted by Gasteiger charge is 2.42. The molecular weight excluding hydrogens is 610 g/mol. The normalized spacial score (nSPS) is 21.2. The van der Waals surface area contributed by atoms with E-state index >= 15 is 0 Å². The van der Waals surface area contributed by atoms with Crippen molar-refractivity contribution in [2.45, 2.75) is 90.0 Å². The Morgan fingerprint density at radius 3 is 2.40 bits per heavy atom. The lowest BCUT2D eigenvalue weighted by Gasteiger charge is -2.41. The molecule has 3 heterocycles. The van der Waals surface area contributed by atoms with Gasteiger partial charge in [0.1, 0.15) is 18.1 Å². The maximum Gasteiger partial charge on any atom is 0.408 e. The fraction of sp³-hybridized carbons (Fsp3) is 0.545. The lowest BCUT2D eigenvalue weighted by molar-refractivity contribution is -0.289. The number of pyridine rings is 1. The number of aliphatic hydroxyl groups is 1. The third-order valence-electron chi connectivity index (χ3n) is 8.07. The number of nitrogens with zero attached hydrogens (tertiary/aromatic N) is 2. The van der Waals surface area contributed by atoms with Crippen molar-refractivity contribution in [3.8, 4) is 0 Å². The molecule has 14 heteroatoms. The topological polar surface area (TPSA) is 189 Å². The summed E-state index contributed by atoms with van der Waals surface area (Å²) in [7, 11) is 0. The molecule has 0 bridgehead atoms. The van der Waals surface area contributed by atoms with Crippen LogP contribution < -0.4 is 16.1 Å². The van der Waals surface area contributed by atoms with Crippen molar-refractivity contribution < 1.29 is 43.6 Å². The Bertz CT molecular complexity index is 1500. The van der Waals surface area contributed by atoms with Crippen LogP contribution >= 0.6 is 0 Å². The number of nitrogens with one attached hydrogen (secondary N) is 3. The maximum atomic E-state index is 13.3. The predicted octanol–water partition coefficient (Wildman–Crippen LogP) is 2.66. The first-order chi connectivity index (χ1) is 22.1. The molecule has 14 nitrogen and oxygen atoms in total. The monoisotopic (exact) mass is 655 g/mol. The summed E-state index contributed by atoms with van der Waals surface area (Å²) >= 11 is 0. The van der Waals surface area contributed by atoms with E-state index in [1.807, 2.05) is 24.3 Å². The van der Waals surface area contributed by atoms with E-state index in [0.717, 1.165) is 10.9 Å². The zero-order valence-electron chi connectivity index (χ0n) is 27.6. The van der Waals surface area contributed by atoms with E-state index in [0.29, 0.717) is 30.6 Å². The van der Waals surface area contributed by atoms with Gasteiger partial charge in [0.25, 0.3) is 5.91 Å².